The molecule has 0 fully saturated rings. The maximum atomic E-state index is 2.47. The maximum absolute atomic E-state index is 2.47. The Bertz CT molecular complexity index is 2800. The molecule has 0 heterocycles. The van der Waals surface area contributed by atoms with Crippen molar-refractivity contribution in [3.05, 3.63) is 199 Å². The molecule has 9 aromatic carbocycles. The van der Waals surface area contributed by atoms with Crippen LogP contribution in [0.4, 0.5) is 17.1 Å². The predicted octanol–water partition coefficient (Wildman–Crippen LogP) is 14.3. The molecule has 1 nitrogen and oxygen atoms in total. The molecule has 0 aromatic heterocycles. The van der Waals surface area contributed by atoms with Crippen LogP contribution in [0.1, 0.15) is 25.0 Å². The van der Waals surface area contributed by atoms with Gasteiger partial charge in [-0.1, -0.05) is 159 Å². The van der Waals surface area contributed by atoms with Gasteiger partial charge in [0, 0.05) is 16.8 Å². The molecule has 0 spiro atoms. The molecule has 0 aliphatic heterocycles. The number of anilines is 3. The Labute approximate surface area is 305 Å². The number of nitrogens with zero attached hydrogens (tertiary/aromatic N) is 1. The molecule has 10 rings (SSSR count). The first-order valence-corrected chi connectivity index (χ1v) is 18.2. The summed E-state index contributed by atoms with van der Waals surface area (Å²) in [6.07, 6.45) is 0. The fourth-order valence-electron chi connectivity index (χ4n) is 8.70. The topological polar surface area (TPSA) is 3.24 Å². The van der Waals surface area contributed by atoms with Gasteiger partial charge in [0.2, 0.25) is 0 Å². The Morgan fingerprint density at radius 2 is 0.904 bits per heavy atom. The van der Waals surface area contributed by atoms with Crippen molar-refractivity contribution in [1.29, 1.82) is 0 Å². The molecule has 1 aliphatic carbocycles. The number of rotatable bonds is 5. The first-order valence-electron chi connectivity index (χ1n) is 18.2. The minimum absolute atomic E-state index is 0.197. The highest BCUT2D eigenvalue weighted by Crippen LogP contribution is 2.55. The van der Waals surface area contributed by atoms with Crippen molar-refractivity contribution in [3.63, 3.8) is 0 Å². The van der Waals surface area contributed by atoms with E-state index in [1.165, 1.54) is 82.5 Å². The fourth-order valence-corrected chi connectivity index (χ4v) is 8.70. The van der Waals surface area contributed by atoms with Gasteiger partial charge in [-0.15, -0.1) is 0 Å². The monoisotopic (exact) mass is 663 g/mol. The van der Waals surface area contributed by atoms with Crippen LogP contribution in [0.2, 0.25) is 0 Å². The van der Waals surface area contributed by atoms with Crippen LogP contribution in [0.25, 0.3) is 65.7 Å². The Morgan fingerprint density at radius 3 is 1.62 bits per heavy atom. The Balaban J connectivity index is 1.16. The van der Waals surface area contributed by atoms with Gasteiger partial charge in [0.15, 0.2) is 0 Å². The largest absolute Gasteiger partial charge is 0.310 e. The third-order valence-corrected chi connectivity index (χ3v) is 11.2. The summed E-state index contributed by atoms with van der Waals surface area (Å²) >= 11 is 0. The molecule has 246 valence electrons. The van der Waals surface area contributed by atoms with Gasteiger partial charge in [0.25, 0.3) is 0 Å². The van der Waals surface area contributed by atoms with Crippen LogP contribution in [0.5, 0.6) is 0 Å². The lowest BCUT2D eigenvalue weighted by Crippen LogP contribution is -2.20. The molecule has 0 N–H and O–H groups in total. The molecule has 0 unspecified atom stereocenters. The number of hydrogen-bond donors (Lipinski definition) is 0. The quantitative estimate of drug-likeness (QED) is 0.177. The Morgan fingerprint density at radius 1 is 0.365 bits per heavy atom. The van der Waals surface area contributed by atoms with E-state index in [0.29, 0.717) is 0 Å². The van der Waals surface area contributed by atoms with Crippen LogP contribution in [-0.4, -0.2) is 0 Å². The smallest absolute Gasteiger partial charge is 0.0508 e. The van der Waals surface area contributed by atoms with Gasteiger partial charge in [0.05, 0.1) is 5.69 Å². The first-order chi connectivity index (χ1) is 25.5. The second-order valence-corrected chi connectivity index (χ2v) is 14.6. The van der Waals surface area contributed by atoms with Crippen molar-refractivity contribution in [2.45, 2.75) is 19.3 Å². The van der Waals surface area contributed by atoms with Crippen molar-refractivity contribution < 1.29 is 0 Å². The minimum atomic E-state index is -0.197. The van der Waals surface area contributed by atoms with E-state index < -0.39 is 0 Å². The summed E-state index contributed by atoms with van der Waals surface area (Å²) in [6, 6.07) is 69.2. The van der Waals surface area contributed by atoms with Gasteiger partial charge >= 0.3 is 0 Å². The van der Waals surface area contributed by atoms with Crippen molar-refractivity contribution in [2.24, 2.45) is 0 Å². The van der Waals surface area contributed by atoms with E-state index in [2.05, 4.69) is 207 Å². The number of benzene rings is 9. The zero-order chi connectivity index (χ0) is 34.8. The van der Waals surface area contributed by atoms with Gasteiger partial charge in [-0.05, 0) is 119 Å². The summed E-state index contributed by atoms with van der Waals surface area (Å²) in [6.45, 7) is 4.78. The van der Waals surface area contributed by atoms with Crippen LogP contribution in [0.15, 0.2) is 188 Å². The normalized spacial score (nSPS) is 13.0. The average molecular weight is 664 g/mol. The number of fused-ring (bicyclic) bond motifs is 6. The summed E-state index contributed by atoms with van der Waals surface area (Å²) in [4.78, 5) is 2.47. The highest BCUT2D eigenvalue weighted by Gasteiger charge is 2.39. The highest BCUT2D eigenvalue weighted by molar-refractivity contribution is 6.06. The standard InChI is InChI=1S/C51H37N/c1-51(2)47-33-40-18-9-8-17-39(40)32-46(47)45-23-12-24-48(50(45)51)52(42-30-25-34-13-6-7-16-38(34)31-42)41-28-26-36(27-29-41)44-22-11-20-37-19-10-21-43(49(37)44)35-14-4-3-5-15-35/h3-33H,1-2H3. The van der Waals surface area contributed by atoms with Crippen molar-refractivity contribution in [3.8, 4) is 33.4 Å². The fraction of sp³-hybridized carbons (Fsp3) is 0.0588. The molecule has 0 saturated heterocycles. The second kappa shape index (κ2) is 11.8. The molecule has 52 heavy (non-hydrogen) atoms. The maximum Gasteiger partial charge on any atom is 0.0508 e. The van der Waals surface area contributed by atoms with Crippen LogP contribution in [0.3, 0.4) is 0 Å². The lowest BCUT2D eigenvalue weighted by molar-refractivity contribution is 0.661. The first kappa shape index (κ1) is 30.4. The van der Waals surface area contributed by atoms with Crippen LogP contribution >= 0.6 is 0 Å². The zero-order valence-electron chi connectivity index (χ0n) is 29.3. The molecular formula is C51H37N. The van der Waals surface area contributed by atoms with E-state index in [0.717, 1.165) is 11.4 Å². The van der Waals surface area contributed by atoms with Crippen molar-refractivity contribution >= 4 is 49.4 Å². The summed E-state index contributed by atoms with van der Waals surface area (Å²) in [7, 11) is 0. The van der Waals surface area contributed by atoms with Crippen molar-refractivity contribution in [1.82, 2.24) is 0 Å². The average Bonchev–Trinajstić information content (AvgIpc) is 3.42. The van der Waals surface area contributed by atoms with Crippen LogP contribution < -0.4 is 4.90 Å². The zero-order valence-corrected chi connectivity index (χ0v) is 29.3. The number of hydrogen-bond acceptors (Lipinski definition) is 1. The lowest BCUT2D eigenvalue weighted by Gasteiger charge is -2.32. The molecule has 0 saturated carbocycles. The summed E-state index contributed by atoms with van der Waals surface area (Å²) < 4.78 is 0. The highest BCUT2D eigenvalue weighted by atomic mass is 15.1. The summed E-state index contributed by atoms with van der Waals surface area (Å²) in [5.41, 5.74) is 13.6. The van der Waals surface area contributed by atoms with Gasteiger partial charge < -0.3 is 4.90 Å². The van der Waals surface area contributed by atoms with Gasteiger partial charge in [-0.3, -0.25) is 0 Å². The SMILES string of the molecule is CC1(C)c2cc3ccccc3cc2-c2cccc(N(c3ccc(-c4cccc5cccc(-c6ccccc6)c45)cc3)c3ccc4ccccc4c3)c21. The van der Waals surface area contributed by atoms with E-state index in [-0.39, 0.29) is 5.41 Å². The molecule has 1 heteroatoms. The molecule has 9 aromatic rings. The Kier molecular flexibility index (Phi) is 6.91. The van der Waals surface area contributed by atoms with E-state index in [4.69, 9.17) is 0 Å². The van der Waals surface area contributed by atoms with Crippen molar-refractivity contribution in [2.75, 3.05) is 4.90 Å². The van der Waals surface area contributed by atoms with Crippen LogP contribution in [0, 0.1) is 0 Å². The van der Waals surface area contributed by atoms with E-state index in [1.54, 1.807) is 0 Å². The summed E-state index contributed by atoms with van der Waals surface area (Å²) in [5.74, 6) is 0. The minimum Gasteiger partial charge on any atom is -0.310 e. The second-order valence-electron chi connectivity index (χ2n) is 14.6. The molecule has 0 bridgehead atoms. The predicted molar refractivity (Wildman–Crippen MR) is 222 cm³/mol. The van der Waals surface area contributed by atoms with E-state index in [9.17, 15) is 0 Å². The van der Waals surface area contributed by atoms with Gasteiger partial charge in [-0.2, -0.15) is 0 Å². The van der Waals surface area contributed by atoms with E-state index in [1.807, 2.05) is 0 Å². The molecule has 1 aliphatic rings. The van der Waals surface area contributed by atoms with Gasteiger partial charge in [-0.25, -0.2) is 0 Å². The Hall–Kier alpha value is -6.44. The van der Waals surface area contributed by atoms with E-state index >= 15 is 0 Å². The summed E-state index contributed by atoms with van der Waals surface area (Å²) in [5, 5.41) is 7.56. The molecular weight excluding hydrogens is 627 g/mol. The van der Waals surface area contributed by atoms with Gasteiger partial charge in [0.1, 0.15) is 0 Å². The third kappa shape index (κ3) is 4.77. The third-order valence-electron chi connectivity index (χ3n) is 11.2. The molecule has 0 radical (unpaired) electrons. The van der Waals surface area contributed by atoms with Crippen LogP contribution in [-0.2, 0) is 5.41 Å². The molecule has 0 amide bonds. The molecule has 0 atom stereocenters. The lowest BCUT2D eigenvalue weighted by atomic mass is 9.80.